The van der Waals surface area contributed by atoms with Crippen LogP contribution in [0.3, 0.4) is 0 Å². The zero-order chi connectivity index (χ0) is 20.7. The highest BCUT2D eigenvalue weighted by Gasteiger charge is 2.23. The van der Waals surface area contributed by atoms with E-state index in [-0.39, 0.29) is 24.7 Å². The highest BCUT2D eigenvalue weighted by Crippen LogP contribution is 2.14. The molecule has 0 bridgehead atoms. The van der Waals surface area contributed by atoms with E-state index in [0.717, 1.165) is 18.4 Å². The Hall–Kier alpha value is -2.24. The van der Waals surface area contributed by atoms with Gasteiger partial charge in [-0.3, -0.25) is 4.79 Å². The lowest BCUT2D eigenvalue weighted by Crippen LogP contribution is -2.39. The molecule has 0 radical (unpaired) electrons. The smallest absolute Gasteiger partial charge is 0.410 e. The Labute approximate surface area is 162 Å². The van der Waals surface area contributed by atoms with Crippen molar-refractivity contribution in [1.29, 1.82) is 0 Å². The topological polar surface area (TPSA) is 76.1 Å². The van der Waals surface area contributed by atoms with Crippen LogP contribution in [-0.4, -0.2) is 46.4 Å². The fourth-order valence-corrected chi connectivity index (χ4v) is 2.38. The summed E-state index contributed by atoms with van der Waals surface area (Å²) in [6.07, 6.45) is 1.16. The van der Waals surface area contributed by atoms with Gasteiger partial charge in [-0.25, -0.2) is 4.79 Å². The Kier molecular flexibility index (Phi) is 8.13. The van der Waals surface area contributed by atoms with Gasteiger partial charge in [-0.1, -0.05) is 12.1 Å². The zero-order valence-corrected chi connectivity index (χ0v) is 17.4. The third-order valence-corrected chi connectivity index (χ3v) is 3.49. The average Bonchev–Trinajstić information content (AvgIpc) is 2.48. The minimum absolute atomic E-state index is 0.121. The number of aryl methyl sites for hydroxylation is 1. The number of carbonyl (C=O) groups is 2. The SMILES string of the molecule is CC(C)(C)OC(=O)CCN(CCCc1ccc(O)cc1)C(=O)OC(C)(C)C. The van der Waals surface area contributed by atoms with Gasteiger partial charge in [0.1, 0.15) is 17.0 Å². The first-order chi connectivity index (χ1) is 12.4. The molecule has 0 aliphatic carbocycles. The molecule has 6 heteroatoms. The van der Waals surface area contributed by atoms with Crippen LogP contribution in [0.1, 0.15) is 59.9 Å². The van der Waals surface area contributed by atoms with E-state index in [4.69, 9.17) is 9.47 Å². The number of benzene rings is 1. The highest BCUT2D eigenvalue weighted by atomic mass is 16.6. The van der Waals surface area contributed by atoms with Gasteiger partial charge in [-0.05, 0) is 72.1 Å². The second-order valence-electron chi connectivity index (χ2n) is 8.57. The molecule has 0 atom stereocenters. The van der Waals surface area contributed by atoms with E-state index in [2.05, 4.69) is 0 Å². The standard InChI is InChI=1S/C21H33NO5/c1-20(2,3)26-18(24)13-15-22(19(25)27-21(4,5)6)14-7-8-16-9-11-17(23)12-10-16/h9-12,23H,7-8,13-15H2,1-6H3. The summed E-state index contributed by atoms with van der Waals surface area (Å²) in [5.74, 6) is -0.110. The van der Waals surface area contributed by atoms with E-state index in [9.17, 15) is 14.7 Å². The summed E-state index contributed by atoms with van der Waals surface area (Å²) in [6.45, 7) is 11.6. The molecular formula is C21H33NO5. The quantitative estimate of drug-likeness (QED) is 0.715. The van der Waals surface area contributed by atoms with Crippen molar-refractivity contribution in [1.82, 2.24) is 4.90 Å². The molecule has 1 aromatic carbocycles. The molecule has 1 N–H and O–H groups in total. The van der Waals surface area contributed by atoms with Crippen LogP contribution in [0.15, 0.2) is 24.3 Å². The monoisotopic (exact) mass is 379 g/mol. The van der Waals surface area contributed by atoms with Crippen molar-refractivity contribution in [2.24, 2.45) is 0 Å². The first-order valence-electron chi connectivity index (χ1n) is 9.33. The summed E-state index contributed by atoms with van der Waals surface area (Å²) >= 11 is 0. The van der Waals surface area contributed by atoms with Gasteiger partial charge in [0, 0.05) is 13.1 Å². The second-order valence-corrected chi connectivity index (χ2v) is 8.57. The Morgan fingerprint density at radius 3 is 2.00 bits per heavy atom. The van der Waals surface area contributed by atoms with Crippen LogP contribution in [0.25, 0.3) is 0 Å². The Morgan fingerprint density at radius 2 is 1.48 bits per heavy atom. The number of esters is 1. The minimum atomic E-state index is -0.599. The van der Waals surface area contributed by atoms with Crippen LogP contribution in [0.4, 0.5) is 4.79 Å². The average molecular weight is 379 g/mol. The normalized spacial score (nSPS) is 11.8. The summed E-state index contributed by atoms with van der Waals surface area (Å²) in [7, 11) is 0. The zero-order valence-electron chi connectivity index (χ0n) is 17.4. The highest BCUT2D eigenvalue weighted by molar-refractivity contribution is 5.72. The number of carbonyl (C=O) groups excluding carboxylic acids is 2. The van der Waals surface area contributed by atoms with Crippen molar-refractivity contribution < 1.29 is 24.2 Å². The molecule has 0 unspecified atom stereocenters. The molecule has 6 nitrogen and oxygen atoms in total. The molecule has 0 spiro atoms. The third-order valence-electron chi connectivity index (χ3n) is 3.49. The maximum atomic E-state index is 12.5. The number of amides is 1. The number of hydrogen-bond donors (Lipinski definition) is 1. The fraction of sp³-hybridized carbons (Fsp3) is 0.619. The van der Waals surface area contributed by atoms with Gasteiger partial charge in [-0.15, -0.1) is 0 Å². The van der Waals surface area contributed by atoms with E-state index >= 15 is 0 Å². The van der Waals surface area contributed by atoms with Crippen molar-refractivity contribution in [3.05, 3.63) is 29.8 Å². The molecule has 0 saturated heterocycles. The number of nitrogens with zero attached hydrogens (tertiary/aromatic N) is 1. The maximum absolute atomic E-state index is 12.5. The van der Waals surface area contributed by atoms with Crippen LogP contribution in [-0.2, 0) is 20.7 Å². The lowest BCUT2D eigenvalue weighted by atomic mass is 10.1. The van der Waals surface area contributed by atoms with Crippen LogP contribution in [0, 0.1) is 0 Å². The van der Waals surface area contributed by atoms with Crippen molar-refractivity contribution >= 4 is 12.1 Å². The molecule has 0 saturated carbocycles. The predicted octanol–water partition coefficient (Wildman–Crippen LogP) is 4.29. The maximum Gasteiger partial charge on any atom is 0.410 e. The molecule has 1 aromatic rings. The van der Waals surface area contributed by atoms with Crippen LogP contribution >= 0.6 is 0 Å². The predicted molar refractivity (Wildman–Crippen MR) is 105 cm³/mol. The minimum Gasteiger partial charge on any atom is -0.508 e. The van der Waals surface area contributed by atoms with Crippen molar-refractivity contribution in [2.75, 3.05) is 13.1 Å². The summed E-state index contributed by atoms with van der Waals surface area (Å²) in [4.78, 5) is 26.0. The molecule has 152 valence electrons. The molecule has 0 fully saturated rings. The Morgan fingerprint density at radius 1 is 0.926 bits per heavy atom. The molecule has 0 aliphatic heterocycles. The van der Waals surface area contributed by atoms with Gasteiger partial charge in [-0.2, -0.15) is 0 Å². The Bertz CT molecular complexity index is 611. The van der Waals surface area contributed by atoms with Gasteiger partial charge in [0.25, 0.3) is 0 Å². The molecule has 0 aromatic heterocycles. The van der Waals surface area contributed by atoms with Gasteiger partial charge in [0.2, 0.25) is 0 Å². The number of aromatic hydroxyl groups is 1. The number of phenolic OH excluding ortho intramolecular Hbond substituents is 1. The molecule has 1 rings (SSSR count). The number of phenols is 1. The summed E-state index contributed by atoms with van der Waals surface area (Å²) in [6, 6.07) is 6.99. The summed E-state index contributed by atoms with van der Waals surface area (Å²) in [5, 5.41) is 9.34. The van der Waals surface area contributed by atoms with E-state index in [1.807, 2.05) is 53.7 Å². The van der Waals surface area contributed by atoms with Gasteiger partial charge in [0.15, 0.2) is 0 Å². The molecule has 27 heavy (non-hydrogen) atoms. The number of rotatable bonds is 7. The summed E-state index contributed by atoms with van der Waals surface area (Å²) < 4.78 is 10.8. The van der Waals surface area contributed by atoms with Gasteiger partial charge < -0.3 is 19.5 Å². The molecular weight excluding hydrogens is 346 g/mol. The second kappa shape index (κ2) is 9.62. The van der Waals surface area contributed by atoms with Crippen LogP contribution in [0.2, 0.25) is 0 Å². The van der Waals surface area contributed by atoms with Crippen molar-refractivity contribution in [3.8, 4) is 5.75 Å². The first-order valence-corrected chi connectivity index (χ1v) is 9.33. The van der Waals surface area contributed by atoms with E-state index < -0.39 is 17.3 Å². The van der Waals surface area contributed by atoms with Crippen LogP contribution in [0.5, 0.6) is 5.75 Å². The van der Waals surface area contributed by atoms with Gasteiger partial charge in [0.05, 0.1) is 6.42 Å². The Balaban J connectivity index is 2.62. The third kappa shape index (κ3) is 10.5. The van der Waals surface area contributed by atoms with E-state index in [1.165, 1.54) is 0 Å². The van der Waals surface area contributed by atoms with E-state index in [0.29, 0.717) is 6.54 Å². The largest absolute Gasteiger partial charge is 0.508 e. The molecule has 1 amide bonds. The van der Waals surface area contributed by atoms with E-state index in [1.54, 1.807) is 17.0 Å². The fourth-order valence-electron chi connectivity index (χ4n) is 2.38. The van der Waals surface area contributed by atoms with Gasteiger partial charge >= 0.3 is 12.1 Å². The first kappa shape index (κ1) is 22.8. The molecule has 0 aliphatic rings. The number of hydrogen-bond acceptors (Lipinski definition) is 5. The molecule has 0 heterocycles. The summed E-state index contributed by atoms with van der Waals surface area (Å²) in [5.41, 5.74) is -0.0747. The van der Waals surface area contributed by atoms with Crippen molar-refractivity contribution in [2.45, 2.75) is 72.0 Å². The number of ether oxygens (including phenoxy) is 2. The van der Waals surface area contributed by atoms with Crippen molar-refractivity contribution in [3.63, 3.8) is 0 Å². The van der Waals surface area contributed by atoms with Crippen LogP contribution < -0.4 is 0 Å². The lowest BCUT2D eigenvalue weighted by Gasteiger charge is -2.28. The lowest BCUT2D eigenvalue weighted by molar-refractivity contribution is -0.155.